The van der Waals surface area contributed by atoms with Gasteiger partial charge in [-0.1, -0.05) is 11.6 Å². The fraction of sp³-hybridized carbons (Fsp3) is 0.179. The summed E-state index contributed by atoms with van der Waals surface area (Å²) in [7, 11) is 1.56. The van der Waals surface area contributed by atoms with Crippen molar-refractivity contribution in [1.29, 1.82) is 0 Å². The number of amides is 1. The highest BCUT2D eigenvalue weighted by atomic mass is 35.5. The third-order valence-corrected chi connectivity index (χ3v) is 7.27. The zero-order valence-electron chi connectivity index (χ0n) is 21.4. The molecule has 2 aromatic carbocycles. The lowest BCUT2D eigenvalue weighted by molar-refractivity contribution is 0.0402. The number of fused-ring (bicyclic) bond motifs is 2. The Hall–Kier alpha value is -4.53. The summed E-state index contributed by atoms with van der Waals surface area (Å²) >= 11 is 7.72. The monoisotopic (exact) mass is 577 g/mol. The van der Waals surface area contributed by atoms with Crippen molar-refractivity contribution in [3.63, 3.8) is 0 Å². The summed E-state index contributed by atoms with van der Waals surface area (Å²) < 4.78 is 32.2. The summed E-state index contributed by atoms with van der Waals surface area (Å²) in [5.41, 5.74) is 2.46. The first-order valence-electron chi connectivity index (χ1n) is 11.9. The Labute approximate surface area is 237 Å². The summed E-state index contributed by atoms with van der Waals surface area (Å²) in [5.74, 6) is -0.00229. The zero-order chi connectivity index (χ0) is 28.4. The van der Waals surface area contributed by atoms with Crippen molar-refractivity contribution in [1.82, 2.24) is 15.0 Å². The summed E-state index contributed by atoms with van der Waals surface area (Å²) in [5, 5.41) is 4.44. The number of ether oxygens (including phenoxy) is 3. The van der Waals surface area contributed by atoms with Crippen molar-refractivity contribution in [2.45, 2.75) is 26.1 Å². The molecular formula is C28H21ClFN5O4S. The minimum atomic E-state index is -0.755. The Bertz CT molecular complexity index is 1790. The quantitative estimate of drug-likeness (QED) is 0.198. The second-order valence-corrected chi connectivity index (χ2v) is 10.2. The van der Waals surface area contributed by atoms with Gasteiger partial charge in [-0.15, -0.1) is 11.3 Å². The first-order chi connectivity index (χ1) is 19.2. The third kappa shape index (κ3) is 5.73. The van der Waals surface area contributed by atoms with Crippen LogP contribution in [0.15, 0.2) is 55.0 Å². The molecule has 0 aliphatic rings. The van der Waals surface area contributed by atoms with E-state index in [2.05, 4.69) is 25.1 Å². The molecule has 0 spiro atoms. The Kier molecular flexibility index (Phi) is 7.64. The summed E-state index contributed by atoms with van der Waals surface area (Å²) in [6.45, 7) is 10.3. The average molecular weight is 578 g/mol. The minimum absolute atomic E-state index is 0.00108. The largest absolute Gasteiger partial charge is 0.495 e. The van der Waals surface area contributed by atoms with E-state index in [1.165, 1.54) is 35.9 Å². The van der Waals surface area contributed by atoms with Gasteiger partial charge < -0.3 is 14.2 Å². The molecule has 202 valence electrons. The molecule has 9 nitrogen and oxygen atoms in total. The standard InChI is InChI=1S/C28H21ClFN5O4S/c1-14(15(2)39-28(36)34-19-8-18(31-3)11-32-12-19)38-24-10-25-23(9-22(24)30)35-27(40-25)21-7-17(29)5-16-6-20(37-4)13-33-26(16)21/h5-15H,1-2,4H3,(H,34,36)/t14-,15+/m0/s1. The lowest BCUT2D eigenvalue weighted by Crippen LogP contribution is -2.32. The van der Waals surface area contributed by atoms with E-state index in [4.69, 9.17) is 32.4 Å². The molecule has 12 heteroatoms. The van der Waals surface area contributed by atoms with E-state index in [1.807, 2.05) is 6.07 Å². The fourth-order valence-electron chi connectivity index (χ4n) is 3.87. The lowest BCUT2D eigenvalue weighted by atomic mass is 10.1. The molecule has 5 aromatic rings. The van der Waals surface area contributed by atoms with Crippen LogP contribution in [0.1, 0.15) is 13.8 Å². The highest BCUT2D eigenvalue weighted by Gasteiger charge is 2.22. The molecule has 3 aromatic heterocycles. The molecule has 0 unspecified atom stereocenters. The van der Waals surface area contributed by atoms with Crippen molar-refractivity contribution in [3.05, 3.63) is 77.2 Å². The maximum Gasteiger partial charge on any atom is 0.412 e. The number of benzene rings is 2. The number of pyridine rings is 2. The van der Waals surface area contributed by atoms with Gasteiger partial charge in [0.1, 0.15) is 23.0 Å². The van der Waals surface area contributed by atoms with Crippen LogP contribution < -0.4 is 14.8 Å². The molecular weight excluding hydrogens is 557 g/mol. The number of nitrogens with one attached hydrogen (secondary N) is 1. The number of rotatable bonds is 7. The Balaban J connectivity index is 1.34. The van der Waals surface area contributed by atoms with E-state index in [0.717, 1.165) is 5.39 Å². The number of methoxy groups -OCH3 is 1. The number of hydrogen-bond donors (Lipinski definition) is 1. The molecule has 0 fully saturated rings. The van der Waals surface area contributed by atoms with Crippen LogP contribution >= 0.6 is 22.9 Å². The SMILES string of the molecule is [C-]#[N+]c1cncc(NC(=O)O[C@H](C)[C@H](C)Oc2cc3sc(-c4cc(Cl)cc5cc(OC)cnc45)nc3cc2F)c1. The normalized spacial score (nSPS) is 12.5. The van der Waals surface area contributed by atoms with E-state index >= 15 is 4.39 Å². The second-order valence-electron chi connectivity index (χ2n) is 8.77. The van der Waals surface area contributed by atoms with E-state index in [-0.39, 0.29) is 11.4 Å². The first kappa shape index (κ1) is 27.1. The molecule has 0 aliphatic heterocycles. The van der Waals surface area contributed by atoms with Gasteiger partial charge in [-0.2, -0.15) is 0 Å². The van der Waals surface area contributed by atoms with Crippen molar-refractivity contribution >= 4 is 61.5 Å². The highest BCUT2D eigenvalue weighted by Crippen LogP contribution is 2.38. The molecule has 2 atom stereocenters. The van der Waals surface area contributed by atoms with Crippen molar-refractivity contribution in [3.8, 4) is 22.1 Å². The molecule has 0 saturated heterocycles. The second kappa shape index (κ2) is 11.3. The number of thiazole rings is 1. The fourth-order valence-corrected chi connectivity index (χ4v) is 5.09. The van der Waals surface area contributed by atoms with Gasteiger partial charge >= 0.3 is 6.09 Å². The smallest absolute Gasteiger partial charge is 0.412 e. The molecule has 0 radical (unpaired) electrons. The number of aromatic nitrogens is 3. The molecule has 1 N–H and O–H groups in total. The van der Waals surface area contributed by atoms with Gasteiger partial charge in [0, 0.05) is 40.5 Å². The van der Waals surface area contributed by atoms with Crippen LogP contribution in [-0.2, 0) is 4.74 Å². The van der Waals surface area contributed by atoms with Crippen LogP contribution in [-0.4, -0.2) is 40.4 Å². The van der Waals surface area contributed by atoms with Gasteiger partial charge in [-0.05, 0) is 38.1 Å². The first-order valence-corrected chi connectivity index (χ1v) is 13.1. The van der Waals surface area contributed by atoms with Crippen molar-refractivity contribution in [2.75, 3.05) is 12.4 Å². The van der Waals surface area contributed by atoms with Crippen LogP contribution in [0.25, 0.3) is 36.5 Å². The number of hydrogen-bond acceptors (Lipinski definition) is 8. The van der Waals surface area contributed by atoms with Crippen LogP contribution in [0, 0.1) is 12.4 Å². The van der Waals surface area contributed by atoms with Gasteiger partial charge in [0.2, 0.25) is 5.69 Å². The van der Waals surface area contributed by atoms with Crippen molar-refractivity contribution < 1.29 is 23.4 Å². The Morgan fingerprint density at radius 3 is 2.73 bits per heavy atom. The summed E-state index contributed by atoms with van der Waals surface area (Å²) in [6.07, 6.45) is 2.22. The van der Waals surface area contributed by atoms with Gasteiger partial charge in [-0.25, -0.2) is 19.0 Å². The van der Waals surface area contributed by atoms with Crippen molar-refractivity contribution in [2.24, 2.45) is 0 Å². The highest BCUT2D eigenvalue weighted by molar-refractivity contribution is 7.21. The van der Waals surface area contributed by atoms with Crippen LogP contribution in [0.3, 0.4) is 0 Å². The predicted molar refractivity (Wildman–Crippen MR) is 152 cm³/mol. The van der Waals surface area contributed by atoms with Gasteiger partial charge in [0.25, 0.3) is 0 Å². The maximum absolute atomic E-state index is 15.0. The molecule has 1 amide bonds. The molecule has 3 heterocycles. The topological polar surface area (TPSA) is 99.8 Å². The summed E-state index contributed by atoms with van der Waals surface area (Å²) in [4.78, 5) is 28.6. The third-order valence-electron chi connectivity index (χ3n) is 6.00. The lowest BCUT2D eigenvalue weighted by Gasteiger charge is -2.22. The molecule has 0 bridgehead atoms. The molecule has 0 saturated carbocycles. The molecule has 0 aliphatic carbocycles. The zero-order valence-corrected chi connectivity index (χ0v) is 23.0. The molecule has 40 heavy (non-hydrogen) atoms. The number of nitrogens with zero attached hydrogens (tertiary/aromatic N) is 4. The number of carbonyl (C=O) groups excluding carboxylic acids is 1. The van der Waals surface area contributed by atoms with Crippen LogP contribution in [0.4, 0.5) is 20.6 Å². The van der Waals surface area contributed by atoms with Gasteiger partial charge in [0.05, 0.1) is 41.3 Å². The average Bonchev–Trinajstić information content (AvgIpc) is 3.34. The Morgan fingerprint density at radius 2 is 1.95 bits per heavy atom. The Morgan fingerprint density at radius 1 is 1.12 bits per heavy atom. The number of carbonyl (C=O) groups is 1. The van der Waals surface area contributed by atoms with E-state index < -0.39 is 24.1 Å². The van der Waals surface area contributed by atoms with Crippen LogP contribution in [0.2, 0.25) is 5.02 Å². The summed E-state index contributed by atoms with van der Waals surface area (Å²) in [6, 6.07) is 9.74. The number of halogens is 2. The van der Waals surface area contributed by atoms with Crippen LogP contribution in [0.5, 0.6) is 11.5 Å². The predicted octanol–water partition coefficient (Wildman–Crippen LogP) is 7.66. The minimum Gasteiger partial charge on any atom is -0.495 e. The van der Waals surface area contributed by atoms with Gasteiger partial charge in [-0.3, -0.25) is 15.3 Å². The van der Waals surface area contributed by atoms with E-state index in [9.17, 15) is 4.79 Å². The van der Waals surface area contributed by atoms with E-state index in [0.29, 0.717) is 42.8 Å². The maximum atomic E-state index is 15.0. The van der Waals surface area contributed by atoms with Gasteiger partial charge in [0.15, 0.2) is 11.6 Å². The van der Waals surface area contributed by atoms with E-state index in [1.54, 1.807) is 45.4 Å². The molecule has 5 rings (SSSR count). The number of anilines is 1.